The Morgan fingerprint density at radius 2 is 2.20 bits per heavy atom. The molecule has 0 amide bonds. The minimum absolute atomic E-state index is 0.573. The lowest BCUT2D eigenvalue weighted by atomic mass is 10.3. The van der Waals surface area contributed by atoms with Crippen LogP contribution in [0.5, 0.6) is 0 Å². The normalized spacial score (nSPS) is 13.5. The van der Waals surface area contributed by atoms with Crippen molar-refractivity contribution in [3.8, 4) is 0 Å². The van der Waals surface area contributed by atoms with Crippen LogP contribution in [0.2, 0.25) is 0 Å². The molecule has 0 aromatic carbocycles. The molecule has 0 saturated carbocycles. The summed E-state index contributed by atoms with van der Waals surface area (Å²) in [5.41, 5.74) is 0. The molecule has 0 bridgehead atoms. The molecular formula is C7H15Br2N. The van der Waals surface area contributed by atoms with E-state index in [9.17, 15) is 0 Å². The van der Waals surface area contributed by atoms with Crippen LogP contribution in [0.25, 0.3) is 0 Å². The average Bonchev–Trinajstić information content (AvgIpc) is 1.98. The number of rotatable bonds is 6. The number of halogens is 2. The van der Waals surface area contributed by atoms with Gasteiger partial charge in [0.1, 0.15) is 0 Å². The molecule has 0 fully saturated rings. The van der Waals surface area contributed by atoms with Crippen LogP contribution < -0.4 is 5.32 Å². The molecule has 0 heterocycles. The Kier molecular flexibility index (Phi) is 8.76. The number of hydrogen-bond donors (Lipinski definition) is 1. The monoisotopic (exact) mass is 271 g/mol. The second kappa shape index (κ2) is 8.02. The summed E-state index contributed by atoms with van der Waals surface area (Å²) in [5.74, 6) is 0. The molecule has 0 spiro atoms. The van der Waals surface area contributed by atoms with Gasteiger partial charge in [0.05, 0.1) is 0 Å². The molecule has 3 heteroatoms. The highest BCUT2D eigenvalue weighted by Crippen LogP contribution is 2.00. The van der Waals surface area contributed by atoms with Crippen LogP contribution in [0.4, 0.5) is 0 Å². The summed E-state index contributed by atoms with van der Waals surface area (Å²) in [4.78, 5) is 0.573. The van der Waals surface area contributed by atoms with E-state index in [0.29, 0.717) is 4.83 Å². The van der Waals surface area contributed by atoms with Gasteiger partial charge in [0.2, 0.25) is 0 Å². The van der Waals surface area contributed by atoms with Crippen molar-refractivity contribution in [2.75, 3.05) is 18.4 Å². The zero-order valence-electron chi connectivity index (χ0n) is 6.37. The highest BCUT2D eigenvalue weighted by Gasteiger charge is 1.98. The highest BCUT2D eigenvalue weighted by atomic mass is 79.9. The van der Waals surface area contributed by atoms with Crippen LogP contribution in [0, 0.1) is 0 Å². The number of alkyl halides is 2. The van der Waals surface area contributed by atoms with E-state index >= 15 is 0 Å². The molecule has 0 aliphatic carbocycles. The first-order valence-corrected chi connectivity index (χ1v) is 5.75. The molecule has 10 heavy (non-hydrogen) atoms. The lowest BCUT2D eigenvalue weighted by Gasteiger charge is -2.06. The molecule has 0 aliphatic heterocycles. The first-order chi connectivity index (χ1) is 4.81. The summed E-state index contributed by atoms with van der Waals surface area (Å²) in [6, 6.07) is 0. The van der Waals surface area contributed by atoms with E-state index in [0.717, 1.165) is 18.4 Å². The summed E-state index contributed by atoms with van der Waals surface area (Å²) < 4.78 is 0. The SMILES string of the molecule is CCCCNC[C@@H](Br)CBr. The zero-order valence-corrected chi connectivity index (χ0v) is 9.54. The molecule has 0 radical (unpaired) electrons. The fourth-order valence-corrected chi connectivity index (χ4v) is 1.07. The van der Waals surface area contributed by atoms with E-state index in [1.165, 1.54) is 12.8 Å². The van der Waals surface area contributed by atoms with Gasteiger partial charge in [-0.05, 0) is 13.0 Å². The van der Waals surface area contributed by atoms with Crippen LogP contribution in [0.1, 0.15) is 19.8 Å². The fraction of sp³-hybridized carbons (Fsp3) is 1.00. The maximum Gasteiger partial charge on any atom is 0.0367 e. The summed E-state index contributed by atoms with van der Waals surface area (Å²) in [5, 5.41) is 4.38. The quantitative estimate of drug-likeness (QED) is 0.579. The van der Waals surface area contributed by atoms with Crippen molar-refractivity contribution < 1.29 is 0 Å². The molecule has 1 nitrogen and oxygen atoms in total. The lowest BCUT2D eigenvalue weighted by Crippen LogP contribution is -2.24. The maximum absolute atomic E-state index is 3.52. The van der Waals surface area contributed by atoms with E-state index in [-0.39, 0.29) is 0 Å². The Hall–Kier alpha value is 0.920. The molecule has 1 atom stereocenters. The van der Waals surface area contributed by atoms with Crippen molar-refractivity contribution in [2.24, 2.45) is 0 Å². The third-order valence-electron chi connectivity index (χ3n) is 1.24. The maximum atomic E-state index is 3.52. The van der Waals surface area contributed by atoms with Crippen molar-refractivity contribution >= 4 is 31.9 Å². The lowest BCUT2D eigenvalue weighted by molar-refractivity contribution is 0.644. The van der Waals surface area contributed by atoms with Gasteiger partial charge in [0.25, 0.3) is 0 Å². The van der Waals surface area contributed by atoms with E-state index in [2.05, 4.69) is 44.1 Å². The van der Waals surface area contributed by atoms with Gasteiger partial charge in [-0.25, -0.2) is 0 Å². The molecule has 0 unspecified atom stereocenters. The minimum atomic E-state index is 0.573. The minimum Gasteiger partial charge on any atom is -0.316 e. The Morgan fingerprint density at radius 3 is 2.70 bits per heavy atom. The second-order valence-electron chi connectivity index (χ2n) is 2.31. The van der Waals surface area contributed by atoms with E-state index in [4.69, 9.17) is 0 Å². The van der Waals surface area contributed by atoms with Gasteiger partial charge >= 0.3 is 0 Å². The summed E-state index contributed by atoms with van der Waals surface area (Å²) in [7, 11) is 0. The third kappa shape index (κ3) is 7.03. The molecule has 0 aromatic rings. The van der Waals surface area contributed by atoms with Crippen LogP contribution >= 0.6 is 31.9 Å². The highest BCUT2D eigenvalue weighted by molar-refractivity contribution is 9.12. The predicted octanol–water partition coefficient (Wildman–Crippen LogP) is 2.53. The molecule has 0 aliphatic rings. The Labute approximate surface area is 80.2 Å². The number of unbranched alkanes of at least 4 members (excludes halogenated alkanes) is 1. The van der Waals surface area contributed by atoms with Gasteiger partial charge in [-0.2, -0.15) is 0 Å². The summed E-state index contributed by atoms with van der Waals surface area (Å²) >= 11 is 6.92. The summed E-state index contributed by atoms with van der Waals surface area (Å²) in [6.45, 7) is 4.41. The van der Waals surface area contributed by atoms with Crippen molar-refractivity contribution in [3.63, 3.8) is 0 Å². The Bertz CT molecular complexity index is 68.6. The Balaban J connectivity index is 2.89. The van der Waals surface area contributed by atoms with E-state index < -0.39 is 0 Å². The fourth-order valence-electron chi connectivity index (χ4n) is 0.615. The number of nitrogens with one attached hydrogen (secondary N) is 1. The second-order valence-corrected chi connectivity index (χ2v) is 4.25. The number of hydrogen-bond acceptors (Lipinski definition) is 1. The largest absolute Gasteiger partial charge is 0.316 e. The van der Waals surface area contributed by atoms with Gasteiger partial charge in [-0.1, -0.05) is 45.2 Å². The van der Waals surface area contributed by atoms with Gasteiger partial charge in [-0.15, -0.1) is 0 Å². The van der Waals surface area contributed by atoms with E-state index in [1.54, 1.807) is 0 Å². The van der Waals surface area contributed by atoms with Gasteiger partial charge in [0.15, 0.2) is 0 Å². The van der Waals surface area contributed by atoms with Gasteiger partial charge in [-0.3, -0.25) is 0 Å². The predicted molar refractivity (Wildman–Crippen MR) is 54.3 cm³/mol. The third-order valence-corrected chi connectivity index (χ3v) is 3.54. The molecule has 0 aromatic heterocycles. The van der Waals surface area contributed by atoms with Crippen molar-refractivity contribution in [1.29, 1.82) is 0 Å². The molecule has 0 rings (SSSR count). The molecular weight excluding hydrogens is 258 g/mol. The summed E-state index contributed by atoms with van der Waals surface area (Å²) in [6.07, 6.45) is 2.55. The smallest absolute Gasteiger partial charge is 0.0367 e. The zero-order chi connectivity index (χ0) is 7.82. The average molecular weight is 273 g/mol. The van der Waals surface area contributed by atoms with Crippen LogP contribution in [-0.2, 0) is 0 Å². The topological polar surface area (TPSA) is 12.0 Å². The first-order valence-electron chi connectivity index (χ1n) is 3.72. The molecule has 62 valence electrons. The van der Waals surface area contributed by atoms with E-state index in [1.807, 2.05) is 0 Å². The Morgan fingerprint density at radius 1 is 1.50 bits per heavy atom. The van der Waals surface area contributed by atoms with Crippen LogP contribution in [-0.4, -0.2) is 23.2 Å². The standard InChI is InChI=1S/C7H15Br2N/c1-2-3-4-10-6-7(9)5-8/h7,10H,2-6H2,1H3/t7-/m0/s1. The van der Waals surface area contributed by atoms with Gasteiger partial charge in [0, 0.05) is 16.7 Å². The molecule has 1 N–H and O–H groups in total. The van der Waals surface area contributed by atoms with Crippen molar-refractivity contribution in [1.82, 2.24) is 5.32 Å². The van der Waals surface area contributed by atoms with Gasteiger partial charge < -0.3 is 5.32 Å². The van der Waals surface area contributed by atoms with Crippen molar-refractivity contribution in [3.05, 3.63) is 0 Å². The van der Waals surface area contributed by atoms with Crippen LogP contribution in [0.15, 0.2) is 0 Å². The molecule has 0 saturated heterocycles. The van der Waals surface area contributed by atoms with Crippen LogP contribution in [0.3, 0.4) is 0 Å². The van der Waals surface area contributed by atoms with Crippen molar-refractivity contribution in [2.45, 2.75) is 24.6 Å². The first kappa shape index (κ1) is 10.9.